The SMILES string of the molecule is COc1ncccc1CNCc1cccc(Cl)c1O. The number of phenols is 1. The minimum atomic E-state index is 0.120. The van der Waals surface area contributed by atoms with Crippen LogP contribution in [0.3, 0.4) is 0 Å². The second-order valence-corrected chi connectivity index (χ2v) is 4.43. The van der Waals surface area contributed by atoms with E-state index >= 15 is 0 Å². The molecular formula is C14H15ClN2O2. The van der Waals surface area contributed by atoms with Crippen molar-refractivity contribution in [3.05, 3.63) is 52.7 Å². The van der Waals surface area contributed by atoms with Crippen LogP contribution in [0.5, 0.6) is 11.6 Å². The number of pyridine rings is 1. The average Bonchev–Trinajstić information content (AvgIpc) is 2.44. The van der Waals surface area contributed by atoms with Gasteiger partial charge in [-0.2, -0.15) is 0 Å². The van der Waals surface area contributed by atoms with Crippen molar-refractivity contribution in [2.24, 2.45) is 0 Å². The molecule has 0 radical (unpaired) electrons. The fourth-order valence-electron chi connectivity index (χ4n) is 1.78. The zero-order valence-corrected chi connectivity index (χ0v) is 11.3. The Kier molecular flexibility index (Phi) is 4.60. The molecule has 0 aliphatic carbocycles. The van der Waals surface area contributed by atoms with E-state index in [1.807, 2.05) is 24.3 Å². The molecule has 2 aromatic rings. The van der Waals surface area contributed by atoms with Crippen LogP contribution >= 0.6 is 11.6 Å². The molecule has 0 aliphatic rings. The summed E-state index contributed by atoms with van der Waals surface area (Å²) in [5.41, 5.74) is 1.72. The molecule has 0 amide bonds. The molecule has 0 fully saturated rings. The summed E-state index contributed by atoms with van der Waals surface area (Å²) in [5, 5.41) is 13.4. The number of ether oxygens (including phenoxy) is 1. The summed E-state index contributed by atoms with van der Waals surface area (Å²) < 4.78 is 5.17. The van der Waals surface area contributed by atoms with Gasteiger partial charge in [0.1, 0.15) is 5.75 Å². The van der Waals surface area contributed by atoms with E-state index in [1.165, 1.54) is 0 Å². The number of phenolic OH excluding ortho intramolecular Hbond substituents is 1. The van der Waals surface area contributed by atoms with E-state index in [2.05, 4.69) is 10.3 Å². The van der Waals surface area contributed by atoms with Gasteiger partial charge in [-0.25, -0.2) is 4.98 Å². The summed E-state index contributed by atoms with van der Waals surface area (Å²) in [7, 11) is 1.59. The number of aromatic hydroxyl groups is 1. The first-order valence-electron chi connectivity index (χ1n) is 5.87. The van der Waals surface area contributed by atoms with Gasteiger partial charge in [0.15, 0.2) is 0 Å². The summed E-state index contributed by atoms with van der Waals surface area (Å²) >= 11 is 5.85. The van der Waals surface area contributed by atoms with Crippen LogP contribution in [0.15, 0.2) is 36.5 Å². The molecule has 0 unspecified atom stereocenters. The molecule has 1 aromatic carbocycles. The molecule has 0 aliphatic heterocycles. The molecule has 2 rings (SSSR count). The van der Waals surface area contributed by atoms with Crippen molar-refractivity contribution in [1.82, 2.24) is 10.3 Å². The summed E-state index contributed by atoms with van der Waals surface area (Å²) in [4.78, 5) is 4.12. The third-order valence-electron chi connectivity index (χ3n) is 2.74. The van der Waals surface area contributed by atoms with Crippen molar-refractivity contribution >= 4 is 11.6 Å². The van der Waals surface area contributed by atoms with Crippen molar-refractivity contribution in [3.8, 4) is 11.6 Å². The minimum Gasteiger partial charge on any atom is -0.506 e. The number of rotatable bonds is 5. The van der Waals surface area contributed by atoms with Crippen LogP contribution in [0.2, 0.25) is 5.02 Å². The average molecular weight is 279 g/mol. The van der Waals surface area contributed by atoms with Crippen molar-refractivity contribution < 1.29 is 9.84 Å². The Morgan fingerprint density at radius 2 is 1.95 bits per heavy atom. The number of aromatic nitrogens is 1. The van der Waals surface area contributed by atoms with Gasteiger partial charge in [0.2, 0.25) is 5.88 Å². The molecule has 2 N–H and O–H groups in total. The first-order chi connectivity index (χ1) is 9.22. The van der Waals surface area contributed by atoms with E-state index in [-0.39, 0.29) is 5.75 Å². The number of hydrogen-bond acceptors (Lipinski definition) is 4. The van der Waals surface area contributed by atoms with Gasteiger partial charge < -0.3 is 15.2 Å². The summed E-state index contributed by atoms with van der Waals surface area (Å²) in [6.45, 7) is 1.12. The third-order valence-corrected chi connectivity index (χ3v) is 3.05. The van der Waals surface area contributed by atoms with Crippen LogP contribution in [0.4, 0.5) is 0 Å². The maximum atomic E-state index is 9.79. The van der Waals surface area contributed by atoms with Crippen LogP contribution in [-0.2, 0) is 13.1 Å². The first-order valence-corrected chi connectivity index (χ1v) is 6.25. The van der Waals surface area contributed by atoms with E-state index in [0.717, 1.165) is 11.1 Å². The van der Waals surface area contributed by atoms with E-state index in [0.29, 0.717) is 24.0 Å². The molecule has 1 aromatic heterocycles. The summed E-state index contributed by atoms with van der Waals surface area (Å²) in [5.74, 6) is 0.722. The van der Waals surface area contributed by atoms with E-state index < -0.39 is 0 Å². The molecule has 0 bridgehead atoms. The van der Waals surface area contributed by atoms with Crippen LogP contribution in [0, 0.1) is 0 Å². The van der Waals surface area contributed by atoms with Crippen LogP contribution in [-0.4, -0.2) is 17.2 Å². The van der Waals surface area contributed by atoms with Gasteiger partial charge in [0, 0.05) is 30.4 Å². The molecule has 1 heterocycles. The first kappa shape index (κ1) is 13.6. The Morgan fingerprint density at radius 3 is 2.74 bits per heavy atom. The van der Waals surface area contributed by atoms with Gasteiger partial charge >= 0.3 is 0 Å². The molecule has 19 heavy (non-hydrogen) atoms. The predicted molar refractivity (Wildman–Crippen MR) is 74.4 cm³/mol. The van der Waals surface area contributed by atoms with Crippen LogP contribution in [0.1, 0.15) is 11.1 Å². The molecule has 0 saturated carbocycles. The Hall–Kier alpha value is -1.78. The Balaban J connectivity index is 1.98. The standard InChI is InChI=1S/C14H15ClN2O2/c1-19-14-11(5-3-7-17-14)9-16-8-10-4-2-6-12(15)13(10)18/h2-7,16,18H,8-9H2,1H3. The lowest BCUT2D eigenvalue weighted by Gasteiger charge is -2.09. The molecule has 0 atom stereocenters. The lowest BCUT2D eigenvalue weighted by atomic mass is 10.2. The predicted octanol–water partition coefficient (Wildman–Crippen LogP) is 2.74. The third kappa shape index (κ3) is 3.36. The molecular weight excluding hydrogens is 264 g/mol. The van der Waals surface area contributed by atoms with Gasteiger partial charge in [-0.05, 0) is 12.1 Å². The highest BCUT2D eigenvalue weighted by Crippen LogP contribution is 2.26. The highest BCUT2D eigenvalue weighted by atomic mass is 35.5. The largest absolute Gasteiger partial charge is 0.506 e. The lowest BCUT2D eigenvalue weighted by molar-refractivity contribution is 0.390. The molecule has 0 spiro atoms. The Labute approximate surface area is 117 Å². The number of halogens is 1. The minimum absolute atomic E-state index is 0.120. The Bertz CT molecular complexity index is 561. The highest BCUT2D eigenvalue weighted by molar-refractivity contribution is 6.32. The number of para-hydroxylation sites is 1. The van der Waals surface area contributed by atoms with Crippen molar-refractivity contribution in [1.29, 1.82) is 0 Å². The second kappa shape index (κ2) is 6.41. The van der Waals surface area contributed by atoms with E-state index in [4.69, 9.17) is 16.3 Å². The van der Waals surface area contributed by atoms with Crippen molar-refractivity contribution in [3.63, 3.8) is 0 Å². The number of benzene rings is 1. The van der Waals surface area contributed by atoms with Crippen molar-refractivity contribution in [2.45, 2.75) is 13.1 Å². The highest BCUT2D eigenvalue weighted by Gasteiger charge is 2.06. The van der Waals surface area contributed by atoms with Gasteiger partial charge in [0.25, 0.3) is 0 Å². The number of methoxy groups -OCH3 is 1. The molecule has 5 heteroatoms. The lowest BCUT2D eigenvalue weighted by Crippen LogP contribution is -2.13. The van der Waals surface area contributed by atoms with Gasteiger partial charge in [0.05, 0.1) is 12.1 Å². The number of nitrogens with zero attached hydrogens (tertiary/aromatic N) is 1. The summed E-state index contributed by atoms with van der Waals surface area (Å²) in [6, 6.07) is 9.09. The maximum Gasteiger partial charge on any atom is 0.217 e. The van der Waals surface area contributed by atoms with Crippen LogP contribution in [0.25, 0.3) is 0 Å². The smallest absolute Gasteiger partial charge is 0.217 e. The van der Waals surface area contributed by atoms with E-state index in [1.54, 1.807) is 19.4 Å². The van der Waals surface area contributed by atoms with Gasteiger partial charge in [-0.15, -0.1) is 0 Å². The molecule has 0 saturated heterocycles. The number of hydrogen-bond donors (Lipinski definition) is 2. The van der Waals surface area contributed by atoms with E-state index in [9.17, 15) is 5.11 Å². The zero-order chi connectivity index (χ0) is 13.7. The van der Waals surface area contributed by atoms with Crippen molar-refractivity contribution in [2.75, 3.05) is 7.11 Å². The molecule has 100 valence electrons. The maximum absolute atomic E-state index is 9.79. The summed E-state index contributed by atoms with van der Waals surface area (Å²) in [6.07, 6.45) is 1.69. The molecule has 4 nitrogen and oxygen atoms in total. The fraction of sp³-hybridized carbons (Fsp3) is 0.214. The monoisotopic (exact) mass is 278 g/mol. The van der Waals surface area contributed by atoms with Gasteiger partial charge in [-0.1, -0.05) is 29.8 Å². The van der Waals surface area contributed by atoms with Gasteiger partial charge in [-0.3, -0.25) is 0 Å². The topological polar surface area (TPSA) is 54.4 Å². The second-order valence-electron chi connectivity index (χ2n) is 4.02. The van der Waals surface area contributed by atoms with Crippen LogP contribution < -0.4 is 10.1 Å². The fourth-order valence-corrected chi connectivity index (χ4v) is 1.97. The quantitative estimate of drug-likeness (QED) is 0.883. The normalized spacial score (nSPS) is 10.4. The number of nitrogens with one attached hydrogen (secondary N) is 1. The Morgan fingerprint density at radius 1 is 1.21 bits per heavy atom. The zero-order valence-electron chi connectivity index (χ0n) is 10.6.